The fourth-order valence-electron chi connectivity index (χ4n) is 3.62. The number of benzene rings is 2. The highest BCUT2D eigenvalue weighted by molar-refractivity contribution is 7.13. The first-order chi connectivity index (χ1) is 14.6. The summed E-state index contributed by atoms with van der Waals surface area (Å²) in [6.07, 6.45) is 0. The van der Waals surface area contributed by atoms with Crippen LogP contribution in [0.25, 0.3) is 21.5 Å². The van der Waals surface area contributed by atoms with Gasteiger partial charge in [-0.15, -0.1) is 11.3 Å². The molecule has 7 heteroatoms. The van der Waals surface area contributed by atoms with E-state index in [1.54, 1.807) is 43.8 Å². The minimum Gasteiger partial charge on any atom is -0.497 e. The predicted molar refractivity (Wildman–Crippen MR) is 122 cm³/mol. The Bertz CT molecular complexity index is 1180. The smallest absolute Gasteiger partial charge is 0.319 e. The summed E-state index contributed by atoms with van der Waals surface area (Å²) in [5.41, 5.74) is 3.88. The molecule has 2 N–H and O–H groups in total. The largest absolute Gasteiger partial charge is 0.497 e. The normalized spacial score (nSPS) is 10.8. The molecular formula is C23H23N3O3S. The van der Waals surface area contributed by atoms with Crippen molar-refractivity contribution in [3.8, 4) is 22.1 Å². The second-order valence-corrected chi connectivity index (χ2v) is 7.70. The van der Waals surface area contributed by atoms with Crippen LogP contribution >= 0.6 is 11.3 Å². The molecule has 0 atom stereocenters. The lowest BCUT2D eigenvalue weighted by Crippen LogP contribution is -2.28. The number of hydrogen-bond donors (Lipinski definition) is 2. The van der Waals surface area contributed by atoms with Crippen molar-refractivity contribution >= 4 is 34.0 Å². The molecule has 2 aromatic heterocycles. The number of nitrogens with one attached hydrogen (secondary N) is 2. The Hall–Kier alpha value is -3.45. The quantitative estimate of drug-likeness (QED) is 0.447. The van der Waals surface area contributed by atoms with E-state index in [2.05, 4.69) is 45.8 Å². The molecule has 4 aromatic rings. The van der Waals surface area contributed by atoms with Crippen LogP contribution in [0.4, 0.5) is 10.5 Å². The number of hydrogen-bond acceptors (Lipinski definition) is 4. The van der Waals surface area contributed by atoms with Crippen LogP contribution in [0.2, 0.25) is 0 Å². The van der Waals surface area contributed by atoms with Gasteiger partial charge in [-0.1, -0.05) is 24.3 Å². The van der Waals surface area contributed by atoms with E-state index in [9.17, 15) is 4.79 Å². The van der Waals surface area contributed by atoms with Crippen molar-refractivity contribution in [1.82, 2.24) is 9.88 Å². The maximum atomic E-state index is 12.7. The summed E-state index contributed by atoms with van der Waals surface area (Å²) in [6, 6.07) is 17.3. The molecule has 2 aromatic carbocycles. The molecule has 0 aliphatic rings. The van der Waals surface area contributed by atoms with Gasteiger partial charge in [-0.2, -0.15) is 0 Å². The highest BCUT2D eigenvalue weighted by Gasteiger charge is 2.18. The maximum absolute atomic E-state index is 12.7. The number of urea groups is 1. The average Bonchev–Trinajstić information content (AvgIpc) is 3.39. The predicted octanol–water partition coefficient (Wildman–Crippen LogP) is 5.25. The van der Waals surface area contributed by atoms with Crippen LogP contribution in [-0.4, -0.2) is 24.8 Å². The molecule has 0 fully saturated rings. The van der Waals surface area contributed by atoms with Crippen LogP contribution in [0.15, 0.2) is 60.0 Å². The van der Waals surface area contributed by atoms with E-state index >= 15 is 0 Å². The second-order valence-electron chi connectivity index (χ2n) is 6.75. The molecule has 0 aliphatic carbocycles. The molecule has 0 saturated carbocycles. The lowest BCUT2D eigenvalue weighted by molar-refractivity contribution is 0.251. The van der Waals surface area contributed by atoms with Gasteiger partial charge in [0.1, 0.15) is 11.5 Å². The van der Waals surface area contributed by atoms with Crippen LogP contribution in [0.3, 0.4) is 0 Å². The lowest BCUT2D eigenvalue weighted by atomic mass is 10.1. The standard InChI is InChI=1S/C23H23N3O3S/c1-26-19-8-5-4-7-16(19)17(22(26)21-9-6-12-30-21)14-24-23(27)25-18-13-15(28-2)10-11-20(18)29-3/h4-13H,14H2,1-3H3,(H2,24,25,27). The van der Waals surface area contributed by atoms with Crippen molar-refractivity contribution in [2.24, 2.45) is 7.05 Å². The summed E-state index contributed by atoms with van der Waals surface area (Å²) in [4.78, 5) is 13.8. The van der Waals surface area contributed by atoms with E-state index in [-0.39, 0.29) is 6.03 Å². The molecular weight excluding hydrogens is 398 g/mol. The van der Waals surface area contributed by atoms with Crippen molar-refractivity contribution in [1.29, 1.82) is 0 Å². The topological polar surface area (TPSA) is 64.5 Å². The number of anilines is 1. The van der Waals surface area contributed by atoms with E-state index in [1.807, 2.05) is 18.2 Å². The van der Waals surface area contributed by atoms with E-state index in [4.69, 9.17) is 9.47 Å². The monoisotopic (exact) mass is 421 g/mol. The second kappa shape index (κ2) is 8.51. The van der Waals surface area contributed by atoms with E-state index in [0.717, 1.165) is 22.2 Å². The van der Waals surface area contributed by atoms with Gasteiger partial charge in [-0.05, 0) is 29.6 Å². The number of carbonyl (C=O) groups is 1. The van der Waals surface area contributed by atoms with E-state index in [1.165, 1.54) is 4.88 Å². The number of fused-ring (bicyclic) bond motifs is 1. The summed E-state index contributed by atoms with van der Waals surface area (Å²) in [6.45, 7) is 0.396. The Kier molecular flexibility index (Phi) is 5.63. The molecule has 2 amide bonds. The number of rotatable bonds is 6. The number of methoxy groups -OCH3 is 2. The molecule has 154 valence electrons. The summed E-state index contributed by atoms with van der Waals surface area (Å²) in [7, 11) is 5.20. The maximum Gasteiger partial charge on any atom is 0.319 e. The molecule has 30 heavy (non-hydrogen) atoms. The Balaban J connectivity index is 1.60. The summed E-state index contributed by atoms with van der Waals surface area (Å²) < 4.78 is 12.8. The number of amides is 2. The van der Waals surface area contributed by atoms with Gasteiger partial charge in [0, 0.05) is 36.1 Å². The lowest BCUT2D eigenvalue weighted by Gasteiger charge is -2.13. The van der Waals surface area contributed by atoms with Gasteiger partial charge in [-0.25, -0.2) is 4.79 Å². The van der Waals surface area contributed by atoms with Gasteiger partial charge in [0.15, 0.2) is 0 Å². The van der Waals surface area contributed by atoms with Crippen LogP contribution in [-0.2, 0) is 13.6 Å². The Morgan fingerprint density at radius 3 is 2.63 bits per heavy atom. The first-order valence-corrected chi connectivity index (χ1v) is 10.4. The van der Waals surface area contributed by atoms with Gasteiger partial charge in [0.2, 0.25) is 0 Å². The molecule has 0 unspecified atom stereocenters. The molecule has 4 rings (SSSR count). The van der Waals surface area contributed by atoms with Crippen molar-refractivity contribution in [3.63, 3.8) is 0 Å². The van der Waals surface area contributed by atoms with Crippen molar-refractivity contribution in [2.45, 2.75) is 6.54 Å². The first-order valence-electron chi connectivity index (χ1n) is 9.49. The van der Waals surface area contributed by atoms with Crippen molar-refractivity contribution in [2.75, 3.05) is 19.5 Å². The minimum absolute atomic E-state index is 0.313. The number of thiophene rings is 1. The van der Waals surface area contributed by atoms with Crippen LogP contribution in [0, 0.1) is 0 Å². The molecule has 0 aliphatic heterocycles. The zero-order valence-corrected chi connectivity index (χ0v) is 17.9. The molecule has 0 radical (unpaired) electrons. The van der Waals surface area contributed by atoms with E-state index in [0.29, 0.717) is 23.7 Å². The fraction of sp³-hybridized carbons (Fsp3) is 0.174. The molecule has 2 heterocycles. The van der Waals surface area contributed by atoms with Crippen LogP contribution < -0.4 is 20.1 Å². The van der Waals surface area contributed by atoms with Crippen molar-refractivity contribution in [3.05, 3.63) is 65.5 Å². The summed E-state index contributed by atoms with van der Waals surface area (Å²) >= 11 is 1.69. The molecule has 0 saturated heterocycles. The molecule has 0 spiro atoms. The van der Waals surface area contributed by atoms with E-state index < -0.39 is 0 Å². The van der Waals surface area contributed by atoms with Gasteiger partial charge in [0.05, 0.1) is 30.5 Å². The average molecular weight is 422 g/mol. The third kappa shape index (κ3) is 3.71. The van der Waals surface area contributed by atoms with Gasteiger partial charge in [0.25, 0.3) is 0 Å². The third-order valence-corrected chi connectivity index (χ3v) is 5.92. The summed E-state index contributed by atoms with van der Waals surface area (Å²) in [5, 5.41) is 9.03. The minimum atomic E-state index is -0.313. The zero-order chi connectivity index (χ0) is 21.1. The van der Waals surface area contributed by atoms with Crippen LogP contribution in [0.5, 0.6) is 11.5 Å². The van der Waals surface area contributed by atoms with Crippen molar-refractivity contribution < 1.29 is 14.3 Å². The molecule has 0 bridgehead atoms. The number of carbonyl (C=O) groups excluding carboxylic acids is 1. The SMILES string of the molecule is COc1ccc(OC)c(NC(=O)NCc2c(-c3cccs3)n(C)c3ccccc23)c1. The number of aryl methyl sites for hydroxylation is 1. The van der Waals surface area contributed by atoms with Gasteiger partial charge in [-0.3, -0.25) is 0 Å². The molecule has 6 nitrogen and oxygen atoms in total. The van der Waals surface area contributed by atoms with Gasteiger partial charge >= 0.3 is 6.03 Å². The van der Waals surface area contributed by atoms with Crippen LogP contribution in [0.1, 0.15) is 5.56 Å². The summed E-state index contributed by atoms with van der Waals surface area (Å²) in [5.74, 6) is 1.20. The first kappa shape index (κ1) is 19.8. The fourth-order valence-corrected chi connectivity index (χ4v) is 4.46. The highest BCUT2D eigenvalue weighted by Crippen LogP contribution is 2.35. The number of nitrogens with zero attached hydrogens (tertiary/aromatic N) is 1. The zero-order valence-electron chi connectivity index (χ0n) is 17.1. The Morgan fingerprint density at radius 1 is 1.07 bits per heavy atom. The third-order valence-electron chi connectivity index (χ3n) is 5.05. The Labute approximate surface area is 179 Å². The Morgan fingerprint density at radius 2 is 1.90 bits per heavy atom. The number of ether oxygens (including phenoxy) is 2. The number of para-hydroxylation sites is 1. The number of aromatic nitrogens is 1. The van der Waals surface area contributed by atoms with Gasteiger partial charge < -0.3 is 24.7 Å². The highest BCUT2D eigenvalue weighted by atomic mass is 32.1.